The Labute approximate surface area is 153 Å². The molecule has 142 valence electrons. The lowest BCUT2D eigenvalue weighted by atomic mass is 9.67. The third-order valence-corrected chi connectivity index (χ3v) is 5.05. The molecule has 4 atom stereocenters. The van der Waals surface area contributed by atoms with Gasteiger partial charge in [-0.15, -0.1) is 0 Å². The summed E-state index contributed by atoms with van der Waals surface area (Å²) in [6.45, 7) is 3.64. The maximum Gasteiger partial charge on any atom is 0.251 e. The van der Waals surface area contributed by atoms with Crippen LogP contribution in [0.1, 0.15) is 23.7 Å². The SMILES string of the molecule is COC[C@@H]1[C@H](NC(=O)c2ccc(OCCNC(C)=O)cc2)[C@@H]2CCO[C@H]12. The minimum absolute atomic E-state index is 0.0849. The van der Waals surface area contributed by atoms with Gasteiger partial charge in [0.05, 0.1) is 19.3 Å². The van der Waals surface area contributed by atoms with Crippen molar-refractivity contribution in [3.8, 4) is 5.75 Å². The van der Waals surface area contributed by atoms with Crippen LogP contribution in [0.5, 0.6) is 5.75 Å². The zero-order valence-electron chi connectivity index (χ0n) is 15.2. The molecule has 2 N–H and O–H groups in total. The molecule has 2 aliphatic rings. The molecule has 1 heterocycles. The minimum Gasteiger partial charge on any atom is -0.492 e. The van der Waals surface area contributed by atoms with Crippen LogP contribution in [0.25, 0.3) is 0 Å². The number of nitrogens with one attached hydrogen (secondary N) is 2. The summed E-state index contributed by atoms with van der Waals surface area (Å²) in [5.41, 5.74) is 0.595. The van der Waals surface area contributed by atoms with Gasteiger partial charge in [0.25, 0.3) is 5.91 Å². The van der Waals surface area contributed by atoms with E-state index in [4.69, 9.17) is 14.2 Å². The summed E-state index contributed by atoms with van der Waals surface area (Å²) in [6, 6.07) is 7.11. The first-order valence-corrected chi connectivity index (χ1v) is 8.99. The molecule has 0 spiro atoms. The molecule has 1 aromatic carbocycles. The van der Waals surface area contributed by atoms with Crippen LogP contribution in [-0.4, -0.2) is 57.4 Å². The first kappa shape index (κ1) is 18.7. The molecule has 1 aliphatic heterocycles. The smallest absolute Gasteiger partial charge is 0.251 e. The Morgan fingerprint density at radius 1 is 1.27 bits per heavy atom. The highest BCUT2D eigenvalue weighted by Gasteiger charge is 2.54. The van der Waals surface area contributed by atoms with E-state index in [1.54, 1.807) is 31.4 Å². The Morgan fingerprint density at radius 3 is 2.73 bits per heavy atom. The molecule has 2 fully saturated rings. The summed E-state index contributed by atoms with van der Waals surface area (Å²) in [6.07, 6.45) is 1.19. The van der Waals surface area contributed by atoms with Crippen LogP contribution >= 0.6 is 0 Å². The number of amides is 2. The largest absolute Gasteiger partial charge is 0.492 e. The van der Waals surface area contributed by atoms with E-state index in [9.17, 15) is 9.59 Å². The molecule has 1 saturated carbocycles. The van der Waals surface area contributed by atoms with Gasteiger partial charge in [-0.3, -0.25) is 9.59 Å². The quantitative estimate of drug-likeness (QED) is 0.674. The zero-order valence-corrected chi connectivity index (χ0v) is 15.2. The van der Waals surface area contributed by atoms with E-state index in [0.29, 0.717) is 37.0 Å². The predicted octanol–water partition coefficient (Wildman–Crippen LogP) is 0.981. The minimum atomic E-state index is -0.0914. The number of carbonyl (C=O) groups excluding carboxylic acids is 2. The van der Waals surface area contributed by atoms with E-state index < -0.39 is 0 Å². The Balaban J connectivity index is 1.51. The molecule has 1 aliphatic carbocycles. The average Bonchev–Trinajstić information content (AvgIpc) is 3.06. The number of ether oxygens (including phenoxy) is 3. The second-order valence-corrected chi connectivity index (χ2v) is 6.76. The third kappa shape index (κ3) is 4.16. The van der Waals surface area contributed by atoms with Crippen molar-refractivity contribution in [3.63, 3.8) is 0 Å². The number of hydrogen-bond donors (Lipinski definition) is 2. The number of fused-ring (bicyclic) bond motifs is 1. The molecule has 3 rings (SSSR count). The molecule has 26 heavy (non-hydrogen) atoms. The molecule has 7 heteroatoms. The summed E-state index contributed by atoms with van der Waals surface area (Å²) in [7, 11) is 1.67. The molecule has 2 amide bonds. The highest BCUT2D eigenvalue weighted by Crippen LogP contribution is 2.43. The van der Waals surface area contributed by atoms with Crippen LogP contribution in [-0.2, 0) is 14.3 Å². The summed E-state index contributed by atoms with van der Waals surface area (Å²) in [4.78, 5) is 23.4. The van der Waals surface area contributed by atoms with E-state index in [0.717, 1.165) is 13.0 Å². The van der Waals surface area contributed by atoms with Gasteiger partial charge in [-0.25, -0.2) is 0 Å². The van der Waals surface area contributed by atoms with Gasteiger partial charge in [0, 0.05) is 44.1 Å². The van der Waals surface area contributed by atoms with Crippen LogP contribution in [0, 0.1) is 11.8 Å². The van der Waals surface area contributed by atoms with E-state index in [1.807, 2.05) is 0 Å². The van der Waals surface area contributed by atoms with Crippen molar-refractivity contribution in [2.24, 2.45) is 11.8 Å². The first-order valence-electron chi connectivity index (χ1n) is 8.99. The summed E-state index contributed by atoms with van der Waals surface area (Å²) >= 11 is 0. The Kier molecular flexibility index (Phi) is 6.11. The van der Waals surface area contributed by atoms with E-state index in [-0.39, 0.29) is 29.9 Å². The van der Waals surface area contributed by atoms with Gasteiger partial charge in [-0.05, 0) is 30.7 Å². The lowest BCUT2D eigenvalue weighted by molar-refractivity contribution is -0.119. The van der Waals surface area contributed by atoms with E-state index >= 15 is 0 Å². The molecular formula is C19H26N2O5. The topological polar surface area (TPSA) is 85.9 Å². The standard InChI is InChI=1S/C19H26N2O5/c1-12(22)20-8-10-25-14-5-3-13(4-6-14)19(23)21-17-15-7-9-26-18(15)16(17)11-24-2/h3-6,15-18H,7-11H2,1-2H3,(H,20,22)(H,21,23)/t15-,16+,17+,18-/m0/s1. The molecule has 0 unspecified atom stereocenters. The highest BCUT2D eigenvalue weighted by molar-refractivity contribution is 5.94. The van der Waals surface area contributed by atoms with Crippen LogP contribution in [0.3, 0.4) is 0 Å². The lowest BCUT2D eigenvalue weighted by Crippen LogP contribution is -2.62. The number of hydrogen-bond acceptors (Lipinski definition) is 5. The Bertz CT molecular complexity index is 633. The molecule has 0 radical (unpaired) electrons. The second-order valence-electron chi connectivity index (χ2n) is 6.76. The van der Waals surface area contributed by atoms with Gasteiger partial charge >= 0.3 is 0 Å². The molecule has 0 bridgehead atoms. The van der Waals surface area contributed by atoms with Crippen molar-refractivity contribution < 1.29 is 23.8 Å². The van der Waals surface area contributed by atoms with Crippen LogP contribution in [0.4, 0.5) is 0 Å². The number of rotatable bonds is 8. The first-order chi connectivity index (χ1) is 12.6. The molecule has 0 aromatic heterocycles. The maximum absolute atomic E-state index is 12.6. The van der Waals surface area contributed by atoms with Crippen molar-refractivity contribution in [2.75, 3.05) is 33.5 Å². The van der Waals surface area contributed by atoms with Gasteiger partial charge in [-0.2, -0.15) is 0 Å². The number of benzene rings is 1. The van der Waals surface area contributed by atoms with Gasteiger partial charge in [0.2, 0.25) is 5.91 Å². The van der Waals surface area contributed by atoms with Gasteiger partial charge < -0.3 is 24.8 Å². The Morgan fingerprint density at radius 2 is 2.04 bits per heavy atom. The van der Waals surface area contributed by atoms with Crippen molar-refractivity contribution in [1.82, 2.24) is 10.6 Å². The molecule has 1 aromatic rings. The number of carbonyl (C=O) groups is 2. The predicted molar refractivity (Wildman–Crippen MR) is 95.1 cm³/mol. The maximum atomic E-state index is 12.6. The number of methoxy groups -OCH3 is 1. The monoisotopic (exact) mass is 362 g/mol. The van der Waals surface area contributed by atoms with Crippen molar-refractivity contribution in [3.05, 3.63) is 29.8 Å². The van der Waals surface area contributed by atoms with Crippen LogP contribution in [0.2, 0.25) is 0 Å². The lowest BCUT2D eigenvalue weighted by Gasteiger charge is -2.47. The van der Waals surface area contributed by atoms with E-state index in [1.165, 1.54) is 6.92 Å². The second kappa shape index (κ2) is 8.51. The normalized spacial score (nSPS) is 26.5. The third-order valence-electron chi connectivity index (χ3n) is 5.05. The van der Waals surface area contributed by atoms with Gasteiger partial charge in [0.15, 0.2) is 0 Å². The van der Waals surface area contributed by atoms with Crippen molar-refractivity contribution in [2.45, 2.75) is 25.5 Å². The fraction of sp³-hybridized carbons (Fsp3) is 0.579. The molecule has 1 saturated heterocycles. The van der Waals surface area contributed by atoms with E-state index in [2.05, 4.69) is 10.6 Å². The summed E-state index contributed by atoms with van der Waals surface area (Å²) < 4.78 is 16.5. The molecular weight excluding hydrogens is 336 g/mol. The van der Waals surface area contributed by atoms with Crippen LogP contribution < -0.4 is 15.4 Å². The van der Waals surface area contributed by atoms with Crippen molar-refractivity contribution in [1.29, 1.82) is 0 Å². The fourth-order valence-corrected chi connectivity index (χ4v) is 3.77. The summed E-state index contributed by atoms with van der Waals surface area (Å²) in [5.74, 6) is 1.09. The van der Waals surface area contributed by atoms with Crippen molar-refractivity contribution >= 4 is 11.8 Å². The zero-order chi connectivity index (χ0) is 18.5. The highest BCUT2D eigenvalue weighted by atomic mass is 16.5. The van der Waals surface area contributed by atoms with Gasteiger partial charge in [0.1, 0.15) is 12.4 Å². The molecule has 7 nitrogen and oxygen atoms in total. The fourth-order valence-electron chi connectivity index (χ4n) is 3.77. The van der Waals surface area contributed by atoms with Crippen LogP contribution in [0.15, 0.2) is 24.3 Å². The average molecular weight is 362 g/mol. The Hall–Kier alpha value is -2.12. The van der Waals surface area contributed by atoms with Gasteiger partial charge in [-0.1, -0.05) is 0 Å². The summed E-state index contributed by atoms with van der Waals surface area (Å²) in [5, 5.41) is 5.80.